The van der Waals surface area contributed by atoms with Crippen LogP contribution in [0.25, 0.3) is 0 Å². The number of esters is 2. The molecule has 2 unspecified atom stereocenters. The van der Waals surface area contributed by atoms with Gasteiger partial charge < -0.3 is 28.6 Å². The fourth-order valence-corrected chi connectivity index (χ4v) is 6.45. The van der Waals surface area contributed by atoms with Gasteiger partial charge in [-0.3, -0.25) is 9.59 Å². The largest absolute Gasteiger partial charge is 0.544 e. The van der Waals surface area contributed by atoms with Gasteiger partial charge in [0.15, 0.2) is 6.10 Å². The minimum absolute atomic E-state index is 0.0378. The minimum Gasteiger partial charge on any atom is -0.544 e. The maximum atomic E-state index is 12.7. The summed E-state index contributed by atoms with van der Waals surface area (Å²) < 4.78 is 17.1. The average molecular weight is 776 g/mol. The fraction of sp³-hybridized carbons (Fsp3) is 0.809. The second kappa shape index (κ2) is 38.4. The van der Waals surface area contributed by atoms with Gasteiger partial charge in [0.2, 0.25) is 0 Å². The third-order valence-electron chi connectivity index (χ3n) is 10.0. The Hall–Kier alpha value is -2.45. The Morgan fingerprint density at radius 1 is 0.545 bits per heavy atom. The lowest BCUT2D eigenvalue weighted by Crippen LogP contribution is -2.55. The summed E-state index contributed by atoms with van der Waals surface area (Å²) in [5, 5.41) is 11.6. The number of nitrogens with zero attached hydrogens (tertiary/aromatic N) is 1. The predicted octanol–water partition coefficient (Wildman–Crippen LogP) is 10.9. The standard InChI is InChI=1S/C47H85NO7/c1-6-8-10-12-14-16-18-19-20-21-22-23-24-25-26-28-30-32-34-36-38-46(50)55-43(41-53-40-39-44(47(51)52)48(3,4)5)42-54-45(49)37-35-33-31-29-27-17-15-13-11-9-7-2/h13,15-16,18-20,43-44H,6-12,14,17,21-42H2,1-5H3/b15-13+,18-16+,20-19+. The molecule has 0 N–H and O–H groups in total. The number of ether oxygens (including phenoxy) is 3. The topological polar surface area (TPSA) is 102 Å². The molecule has 0 aliphatic rings. The van der Waals surface area contributed by atoms with Crippen LogP contribution in [0.15, 0.2) is 36.5 Å². The highest BCUT2D eigenvalue weighted by atomic mass is 16.6. The van der Waals surface area contributed by atoms with E-state index >= 15 is 0 Å². The number of hydrogen-bond donors (Lipinski definition) is 0. The number of carbonyl (C=O) groups excluding carboxylic acids is 3. The van der Waals surface area contributed by atoms with Crippen molar-refractivity contribution in [3.05, 3.63) is 36.5 Å². The molecule has 320 valence electrons. The lowest BCUT2D eigenvalue weighted by Gasteiger charge is -2.34. The smallest absolute Gasteiger partial charge is 0.306 e. The maximum absolute atomic E-state index is 12.7. The van der Waals surface area contributed by atoms with E-state index in [1.807, 2.05) is 0 Å². The van der Waals surface area contributed by atoms with Gasteiger partial charge in [0.05, 0.1) is 40.3 Å². The third kappa shape index (κ3) is 36.9. The molecular weight excluding hydrogens is 691 g/mol. The van der Waals surface area contributed by atoms with E-state index in [0.29, 0.717) is 12.8 Å². The summed E-state index contributed by atoms with van der Waals surface area (Å²) in [5.74, 6) is -1.75. The van der Waals surface area contributed by atoms with Crippen molar-refractivity contribution < 1.29 is 38.2 Å². The molecule has 0 aromatic carbocycles. The van der Waals surface area contributed by atoms with Crippen LogP contribution in [0.2, 0.25) is 0 Å². The molecule has 0 radical (unpaired) electrons. The maximum Gasteiger partial charge on any atom is 0.306 e. The fourth-order valence-electron chi connectivity index (χ4n) is 6.45. The Kier molecular flexibility index (Phi) is 36.7. The first-order valence-electron chi connectivity index (χ1n) is 22.5. The molecule has 0 amide bonds. The zero-order chi connectivity index (χ0) is 40.7. The van der Waals surface area contributed by atoms with Crippen LogP contribution in [-0.2, 0) is 28.6 Å². The third-order valence-corrected chi connectivity index (χ3v) is 10.0. The molecule has 0 aromatic rings. The van der Waals surface area contributed by atoms with Crippen molar-refractivity contribution in [2.45, 2.75) is 206 Å². The number of carboxylic acids is 1. The summed E-state index contributed by atoms with van der Waals surface area (Å²) in [4.78, 5) is 36.8. The number of rotatable bonds is 40. The molecule has 0 fully saturated rings. The average Bonchev–Trinajstić information content (AvgIpc) is 3.14. The van der Waals surface area contributed by atoms with Crippen LogP contribution in [0.3, 0.4) is 0 Å². The highest BCUT2D eigenvalue weighted by Gasteiger charge is 2.25. The van der Waals surface area contributed by atoms with Gasteiger partial charge in [-0.2, -0.15) is 0 Å². The number of allylic oxidation sites excluding steroid dienone is 6. The van der Waals surface area contributed by atoms with Gasteiger partial charge in [-0.25, -0.2) is 0 Å². The van der Waals surface area contributed by atoms with Crippen LogP contribution >= 0.6 is 0 Å². The van der Waals surface area contributed by atoms with Gasteiger partial charge in [0.25, 0.3) is 0 Å². The van der Waals surface area contributed by atoms with Crippen molar-refractivity contribution in [1.29, 1.82) is 0 Å². The number of carbonyl (C=O) groups is 3. The molecule has 0 saturated heterocycles. The zero-order valence-corrected chi connectivity index (χ0v) is 36.3. The van der Waals surface area contributed by atoms with E-state index in [-0.39, 0.29) is 42.7 Å². The molecule has 55 heavy (non-hydrogen) atoms. The molecule has 8 nitrogen and oxygen atoms in total. The van der Waals surface area contributed by atoms with E-state index in [2.05, 4.69) is 50.3 Å². The van der Waals surface area contributed by atoms with Gasteiger partial charge in [0.1, 0.15) is 12.6 Å². The van der Waals surface area contributed by atoms with Gasteiger partial charge in [0, 0.05) is 19.3 Å². The van der Waals surface area contributed by atoms with Gasteiger partial charge in [-0.1, -0.05) is 153 Å². The van der Waals surface area contributed by atoms with E-state index in [4.69, 9.17) is 14.2 Å². The molecule has 0 aromatic heterocycles. The Bertz CT molecular complexity index is 1000. The molecule has 0 saturated carbocycles. The number of aliphatic carboxylic acids is 1. The Balaban J connectivity index is 4.29. The van der Waals surface area contributed by atoms with Crippen LogP contribution in [-0.4, -0.2) is 75.5 Å². The van der Waals surface area contributed by atoms with Crippen molar-refractivity contribution in [2.75, 3.05) is 41.0 Å². The summed E-state index contributed by atoms with van der Waals surface area (Å²) in [6.07, 6.45) is 43.1. The van der Waals surface area contributed by atoms with Crippen molar-refractivity contribution >= 4 is 17.9 Å². The molecule has 8 heteroatoms. The molecule has 0 aliphatic heterocycles. The van der Waals surface area contributed by atoms with Crippen LogP contribution < -0.4 is 5.11 Å². The highest BCUT2D eigenvalue weighted by Crippen LogP contribution is 2.14. The van der Waals surface area contributed by atoms with E-state index in [0.717, 1.165) is 51.4 Å². The molecular formula is C47H85NO7. The number of quaternary nitrogens is 1. The first kappa shape index (κ1) is 52.6. The van der Waals surface area contributed by atoms with Crippen molar-refractivity contribution in [1.82, 2.24) is 0 Å². The van der Waals surface area contributed by atoms with E-state index in [1.54, 1.807) is 21.1 Å². The van der Waals surface area contributed by atoms with Crippen molar-refractivity contribution in [2.24, 2.45) is 0 Å². The summed E-state index contributed by atoms with van der Waals surface area (Å²) in [6, 6.07) is -0.726. The van der Waals surface area contributed by atoms with Gasteiger partial charge in [-0.15, -0.1) is 0 Å². The number of hydrogen-bond acceptors (Lipinski definition) is 7. The lowest BCUT2D eigenvalue weighted by atomic mass is 10.1. The number of unbranched alkanes of at least 4 members (excludes halogenated alkanes) is 21. The second-order valence-corrected chi connectivity index (χ2v) is 16.3. The summed E-state index contributed by atoms with van der Waals surface area (Å²) in [5.41, 5.74) is 0. The van der Waals surface area contributed by atoms with Crippen LogP contribution in [0, 0.1) is 0 Å². The molecule has 0 rings (SSSR count). The van der Waals surface area contributed by atoms with Crippen molar-refractivity contribution in [3.8, 4) is 0 Å². The first-order valence-corrected chi connectivity index (χ1v) is 22.5. The normalized spacial score (nSPS) is 13.3. The van der Waals surface area contributed by atoms with E-state index in [1.165, 1.54) is 109 Å². The quantitative estimate of drug-likeness (QED) is 0.0201. The van der Waals surface area contributed by atoms with Gasteiger partial charge >= 0.3 is 11.9 Å². The van der Waals surface area contributed by atoms with Crippen LogP contribution in [0.5, 0.6) is 0 Å². The first-order chi connectivity index (χ1) is 26.6. The molecule has 0 bridgehead atoms. The Morgan fingerprint density at radius 3 is 1.47 bits per heavy atom. The zero-order valence-electron chi connectivity index (χ0n) is 36.3. The second-order valence-electron chi connectivity index (χ2n) is 16.3. The SMILES string of the molecule is CCCC/C=C/CCCCCCCC(=O)OCC(COCCC(C(=O)[O-])[N+](C)(C)C)OC(=O)CCCCCCCCCCCC/C=C/C=C/CCCCCC. The van der Waals surface area contributed by atoms with E-state index < -0.39 is 18.1 Å². The van der Waals surface area contributed by atoms with Crippen molar-refractivity contribution in [3.63, 3.8) is 0 Å². The monoisotopic (exact) mass is 776 g/mol. The summed E-state index contributed by atoms with van der Waals surface area (Å²) in [7, 11) is 5.40. The number of likely N-dealkylation sites (N-methyl/N-ethyl adjacent to an activating group) is 1. The predicted molar refractivity (Wildman–Crippen MR) is 227 cm³/mol. The Labute approximate surface area is 338 Å². The molecule has 0 heterocycles. The summed E-state index contributed by atoms with van der Waals surface area (Å²) in [6.45, 7) is 4.60. The Morgan fingerprint density at radius 2 is 0.982 bits per heavy atom. The molecule has 2 atom stereocenters. The summed E-state index contributed by atoms with van der Waals surface area (Å²) >= 11 is 0. The molecule has 0 spiro atoms. The highest BCUT2D eigenvalue weighted by molar-refractivity contribution is 5.70. The van der Waals surface area contributed by atoms with E-state index in [9.17, 15) is 19.5 Å². The lowest BCUT2D eigenvalue weighted by molar-refractivity contribution is -0.889. The number of carboxylic acid groups (broad SMARTS) is 1. The minimum atomic E-state index is -1.13. The van der Waals surface area contributed by atoms with Crippen LogP contribution in [0.1, 0.15) is 194 Å². The van der Waals surface area contributed by atoms with Crippen LogP contribution in [0.4, 0.5) is 0 Å². The van der Waals surface area contributed by atoms with Gasteiger partial charge in [-0.05, 0) is 57.8 Å². The molecule has 0 aliphatic carbocycles.